The zero-order valence-corrected chi connectivity index (χ0v) is 35.7. The molecular weight excluding hydrogens is 752 g/mol. The van der Waals surface area contributed by atoms with Gasteiger partial charge in [-0.1, -0.05) is 48.5 Å². The number of ether oxygens (including phenoxy) is 6. The molecule has 2 aromatic heterocycles. The number of carbonyl (C=O) groups excluding carboxylic acids is 4. The Bertz CT molecular complexity index is 1570. The number of aliphatic hydroxyl groups is 1. The maximum absolute atomic E-state index is 12.6. The predicted octanol–water partition coefficient (Wildman–Crippen LogP) is 5.63. The van der Waals surface area contributed by atoms with Gasteiger partial charge in [-0.2, -0.15) is 0 Å². The van der Waals surface area contributed by atoms with E-state index in [0.717, 1.165) is 12.8 Å². The van der Waals surface area contributed by atoms with E-state index in [1.54, 1.807) is 29.7 Å². The number of ketones is 4. The van der Waals surface area contributed by atoms with E-state index in [2.05, 4.69) is 33.8 Å². The number of aliphatic imine (C=N–C) groups is 2. The van der Waals surface area contributed by atoms with Crippen LogP contribution in [0.25, 0.3) is 0 Å². The molecule has 324 valence electrons. The minimum absolute atomic E-state index is 0.0353. The first kappa shape index (κ1) is 48.5. The first-order chi connectivity index (χ1) is 27.8. The average molecular weight is 817 g/mol. The lowest BCUT2D eigenvalue weighted by Gasteiger charge is -2.26. The molecule has 0 fully saturated rings. The summed E-state index contributed by atoms with van der Waals surface area (Å²) in [5.41, 5.74) is 1.68. The van der Waals surface area contributed by atoms with Gasteiger partial charge in [0.05, 0.1) is 84.0 Å². The molecule has 4 rings (SSSR count). The van der Waals surface area contributed by atoms with E-state index < -0.39 is 18.6 Å². The third-order valence-electron chi connectivity index (χ3n) is 9.64. The van der Waals surface area contributed by atoms with E-state index in [1.165, 1.54) is 6.33 Å². The summed E-state index contributed by atoms with van der Waals surface area (Å²) in [6, 6.07) is 0. The third-order valence-corrected chi connectivity index (χ3v) is 9.64. The number of hydrogen-bond acceptors (Lipinski definition) is 15. The van der Waals surface area contributed by atoms with Crippen molar-refractivity contribution in [1.29, 1.82) is 0 Å². The van der Waals surface area contributed by atoms with Gasteiger partial charge < -0.3 is 33.5 Å². The van der Waals surface area contributed by atoms with Crippen molar-refractivity contribution in [3.05, 3.63) is 24.0 Å². The van der Waals surface area contributed by atoms with Crippen LogP contribution < -0.4 is 0 Å². The van der Waals surface area contributed by atoms with E-state index in [9.17, 15) is 24.3 Å². The van der Waals surface area contributed by atoms with Gasteiger partial charge in [-0.05, 0) is 19.3 Å². The molecule has 1 N–H and O–H groups in total. The van der Waals surface area contributed by atoms with Crippen LogP contribution in [0.4, 0.5) is 11.6 Å². The lowest BCUT2D eigenvalue weighted by Crippen LogP contribution is -2.27. The van der Waals surface area contributed by atoms with Crippen LogP contribution in [0.3, 0.4) is 0 Å². The SMILES string of the molecule is CCC(CC)O[C@H](COCCOC)n1cnc2c1N=C(CC(=O)C(C)C)CC2=O.CC[C@H](CO)O[C@H](COCCOC)n1cnc2c1N=C(CC(=O)C(C)C)CC2=O. The van der Waals surface area contributed by atoms with Gasteiger partial charge >= 0.3 is 0 Å². The second-order valence-electron chi connectivity index (χ2n) is 14.8. The van der Waals surface area contributed by atoms with Gasteiger partial charge in [0.2, 0.25) is 0 Å². The number of nitrogens with zero attached hydrogens (tertiary/aromatic N) is 6. The third kappa shape index (κ3) is 14.2. The normalized spacial score (nSPS) is 15.5. The molecule has 0 radical (unpaired) electrons. The lowest BCUT2D eigenvalue weighted by molar-refractivity contribution is -0.121. The number of methoxy groups -OCH3 is 2. The van der Waals surface area contributed by atoms with Crippen molar-refractivity contribution in [3.8, 4) is 0 Å². The number of aliphatic hydroxyl groups excluding tert-OH is 1. The van der Waals surface area contributed by atoms with Gasteiger partial charge in [-0.15, -0.1) is 0 Å². The number of aromatic nitrogens is 4. The second kappa shape index (κ2) is 24.9. The highest BCUT2D eigenvalue weighted by Crippen LogP contribution is 2.32. The largest absolute Gasteiger partial charge is 0.394 e. The molecule has 2 aromatic rings. The fraction of sp³-hybridized carbons (Fsp3) is 0.707. The Kier molecular flexibility index (Phi) is 20.9. The van der Waals surface area contributed by atoms with Crippen molar-refractivity contribution in [2.45, 2.75) is 118 Å². The highest BCUT2D eigenvalue weighted by molar-refractivity contribution is 6.19. The standard InChI is InChI=1S/C21H33N3O5.C20H31N3O6/c1-6-16(7-2)29-19(12-28-9-8-27-5)24-13-22-20-18(26)11-15(23-21(20)24)10-17(25)14(3)4;1-5-15(10-24)29-18(11-28-7-6-27-4)23-12-21-19-17(26)9-14(22-20(19)23)8-16(25)13(2)3/h13-14,16,19H,6-12H2,1-5H3;12-13,15,18,24H,5-11H2,1-4H3/t19-;15-,18-/m11/s1. The van der Waals surface area contributed by atoms with Crippen LogP contribution in [0.5, 0.6) is 0 Å². The number of hydrogen-bond donors (Lipinski definition) is 1. The first-order valence-electron chi connectivity index (χ1n) is 20.2. The maximum atomic E-state index is 12.6. The minimum atomic E-state index is -0.628. The smallest absolute Gasteiger partial charge is 0.190 e. The van der Waals surface area contributed by atoms with E-state index in [1.807, 2.05) is 34.6 Å². The Morgan fingerprint density at radius 1 is 0.672 bits per heavy atom. The molecule has 58 heavy (non-hydrogen) atoms. The van der Waals surface area contributed by atoms with Crippen molar-refractivity contribution in [2.24, 2.45) is 21.8 Å². The first-order valence-corrected chi connectivity index (χ1v) is 20.2. The molecular formula is C41H64N6O11. The maximum Gasteiger partial charge on any atom is 0.190 e. The summed E-state index contributed by atoms with van der Waals surface area (Å²) in [7, 11) is 3.21. The molecule has 17 heteroatoms. The fourth-order valence-corrected chi connectivity index (χ4v) is 5.89. The van der Waals surface area contributed by atoms with Crippen LogP contribution in [-0.4, -0.2) is 131 Å². The molecule has 0 aromatic carbocycles. The molecule has 0 amide bonds. The molecule has 3 atom stereocenters. The molecule has 0 unspecified atom stereocenters. The van der Waals surface area contributed by atoms with Gasteiger partial charge in [0.15, 0.2) is 47.0 Å². The summed E-state index contributed by atoms with van der Waals surface area (Å²) in [5.74, 6) is 0.390. The highest BCUT2D eigenvalue weighted by Gasteiger charge is 2.31. The van der Waals surface area contributed by atoms with E-state index in [4.69, 9.17) is 28.4 Å². The predicted molar refractivity (Wildman–Crippen MR) is 217 cm³/mol. The summed E-state index contributed by atoms with van der Waals surface area (Å²) >= 11 is 0. The van der Waals surface area contributed by atoms with E-state index in [-0.39, 0.29) is 92.3 Å². The zero-order chi connectivity index (χ0) is 42.8. The van der Waals surface area contributed by atoms with Crippen LogP contribution in [0, 0.1) is 11.8 Å². The molecule has 4 heterocycles. The molecule has 0 spiro atoms. The van der Waals surface area contributed by atoms with Crippen LogP contribution in [0.15, 0.2) is 22.6 Å². The molecule has 0 saturated carbocycles. The number of imidazole rings is 2. The Labute approximate surface area is 341 Å². The van der Waals surface area contributed by atoms with Crippen molar-refractivity contribution >= 4 is 46.2 Å². The van der Waals surface area contributed by atoms with Crippen LogP contribution in [0.2, 0.25) is 0 Å². The van der Waals surface area contributed by atoms with Gasteiger partial charge in [-0.3, -0.25) is 28.3 Å². The van der Waals surface area contributed by atoms with Crippen molar-refractivity contribution in [3.63, 3.8) is 0 Å². The van der Waals surface area contributed by atoms with Crippen LogP contribution in [-0.2, 0) is 38.0 Å². The van der Waals surface area contributed by atoms with Gasteiger partial charge in [0.25, 0.3) is 0 Å². The van der Waals surface area contributed by atoms with Gasteiger partial charge in [0.1, 0.15) is 11.6 Å². The quantitative estimate of drug-likeness (QED) is 0.115. The van der Waals surface area contributed by atoms with Gasteiger partial charge in [0, 0.05) is 50.3 Å². The topological polar surface area (TPSA) is 204 Å². The summed E-state index contributed by atoms with van der Waals surface area (Å²) in [6.07, 6.45) is 4.49. The van der Waals surface area contributed by atoms with Gasteiger partial charge in [-0.25, -0.2) is 20.0 Å². The number of fused-ring (bicyclic) bond motifs is 2. The Balaban J connectivity index is 0.000000310. The minimum Gasteiger partial charge on any atom is -0.394 e. The Hall–Kier alpha value is -3.84. The molecule has 0 saturated heterocycles. The van der Waals surface area contributed by atoms with Crippen molar-refractivity contribution < 1.29 is 52.7 Å². The Morgan fingerprint density at radius 3 is 1.41 bits per heavy atom. The molecule has 2 aliphatic rings. The molecule has 17 nitrogen and oxygen atoms in total. The lowest BCUT2D eigenvalue weighted by atomic mass is 9.98. The van der Waals surface area contributed by atoms with Crippen molar-refractivity contribution in [1.82, 2.24) is 19.1 Å². The summed E-state index contributed by atoms with van der Waals surface area (Å²) in [4.78, 5) is 67.0. The monoisotopic (exact) mass is 816 g/mol. The molecule has 0 bridgehead atoms. The molecule has 0 aliphatic carbocycles. The fourth-order valence-electron chi connectivity index (χ4n) is 5.89. The average Bonchev–Trinajstić information content (AvgIpc) is 3.83. The number of rotatable bonds is 26. The van der Waals surface area contributed by atoms with Crippen LogP contribution >= 0.6 is 0 Å². The summed E-state index contributed by atoms with van der Waals surface area (Å²) < 4.78 is 37.0. The Morgan fingerprint density at radius 2 is 1.07 bits per heavy atom. The molecule has 2 aliphatic heterocycles. The second-order valence-corrected chi connectivity index (χ2v) is 14.8. The zero-order valence-electron chi connectivity index (χ0n) is 35.7. The number of Topliss-reactive ketones (excluding diaryl/α,β-unsaturated/α-hetero) is 4. The van der Waals surface area contributed by atoms with Crippen molar-refractivity contribution in [2.75, 3.05) is 60.5 Å². The van der Waals surface area contributed by atoms with E-state index >= 15 is 0 Å². The van der Waals surface area contributed by atoms with E-state index in [0.29, 0.717) is 61.6 Å². The number of carbonyl (C=O) groups is 4. The highest BCUT2D eigenvalue weighted by atomic mass is 16.6. The van der Waals surface area contributed by atoms with Crippen LogP contribution in [0.1, 0.15) is 127 Å². The summed E-state index contributed by atoms with van der Waals surface area (Å²) in [6.45, 7) is 15.4. The summed E-state index contributed by atoms with van der Waals surface area (Å²) in [5, 5.41) is 9.53.